The highest BCUT2D eigenvalue weighted by molar-refractivity contribution is 5.22. The fourth-order valence-electron chi connectivity index (χ4n) is 2.42. The molecule has 0 spiro atoms. The molecule has 1 aromatic rings. The summed E-state index contributed by atoms with van der Waals surface area (Å²) in [5.74, 6) is 1.01. The third-order valence-corrected chi connectivity index (χ3v) is 2.80. The van der Waals surface area contributed by atoms with Gasteiger partial charge in [-0.15, -0.1) is 0 Å². The zero-order chi connectivity index (χ0) is 12.2. The van der Waals surface area contributed by atoms with E-state index in [1.807, 2.05) is 30.3 Å². The van der Waals surface area contributed by atoms with Crippen molar-refractivity contribution < 1.29 is 5.11 Å². The van der Waals surface area contributed by atoms with Crippen molar-refractivity contribution in [2.45, 2.75) is 46.1 Å². The van der Waals surface area contributed by atoms with Crippen molar-refractivity contribution in [1.82, 2.24) is 0 Å². The Morgan fingerprint density at radius 2 is 1.38 bits per heavy atom. The van der Waals surface area contributed by atoms with Crippen LogP contribution in [0.1, 0.15) is 46.1 Å². The van der Waals surface area contributed by atoms with Crippen LogP contribution in [0.4, 0.5) is 0 Å². The van der Waals surface area contributed by atoms with E-state index in [-0.39, 0.29) is 0 Å². The lowest BCUT2D eigenvalue weighted by Gasteiger charge is -2.32. The largest absolute Gasteiger partial charge is 0.385 e. The minimum absolute atomic E-state index is 0.504. The Morgan fingerprint density at radius 1 is 0.938 bits per heavy atom. The fourth-order valence-corrected chi connectivity index (χ4v) is 2.42. The van der Waals surface area contributed by atoms with Gasteiger partial charge in [0.1, 0.15) is 0 Å². The molecule has 0 saturated heterocycles. The Hall–Kier alpha value is -0.820. The molecule has 0 aliphatic carbocycles. The smallest absolute Gasteiger partial charge is 0.0901 e. The SMILES string of the molecule is CC(C)CC(O)(CC(C)C)c1ccccc1. The van der Waals surface area contributed by atoms with Crippen LogP contribution in [0.15, 0.2) is 30.3 Å². The lowest BCUT2D eigenvalue weighted by atomic mass is 9.80. The molecule has 1 aromatic carbocycles. The van der Waals surface area contributed by atoms with Crippen molar-refractivity contribution in [3.05, 3.63) is 35.9 Å². The molecule has 0 aliphatic rings. The van der Waals surface area contributed by atoms with E-state index in [1.54, 1.807) is 0 Å². The summed E-state index contributed by atoms with van der Waals surface area (Å²) in [5, 5.41) is 10.8. The molecule has 0 radical (unpaired) electrons. The van der Waals surface area contributed by atoms with Crippen molar-refractivity contribution >= 4 is 0 Å². The van der Waals surface area contributed by atoms with Crippen molar-refractivity contribution in [2.24, 2.45) is 11.8 Å². The molecule has 1 rings (SSSR count). The molecule has 0 bridgehead atoms. The lowest BCUT2D eigenvalue weighted by molar-refractivity contribution is -0.00449. The van der Waals surface area contributed by atoms with Gasteiger partial charge in [-0.3, -0.25) is 0 Å². The van der Waals surface area contributed by atoms with Gasteiger partial charge in [0.25, 0.3) is 0 Å². The van der Waals surface area contributed by atoms with Gasteiger partial charge in [-0.2, -0.15) is 0 Å². The number of benzene rings is 1. The van der Waals surface area contributed by atoms with Gasteiger partial charge in [0.15, 0.2) is 0 Å². The van der Waals surface area contributed by atoms with Crippen LogP contribution in [-0.4, -0.2) is 5.11 Å². The molecule has 16 heavy (non-hydrogen) atoms. The zero-order valence-corrected chi connectivity index (χ0v) is 10.9. The molecule has 0 unspecified atom stereocenters. The lowest BCUT2D eigenvalue weighted by Crippen LogP contribution is -2.29. The molecule has 0 atom stereocenters. The van der Waals surface area contributed by atoms with E-state index in [4.69, 9.17) is 0 Å². The van der Waals surface area contributed by atoms with Crippen LogP contribution in [0, 0.1) is 11.8 Å². The molecule has 0 amide bonds. The van der Waals surface area contributed by atoms with Gasteiger partial charge < -0.3 is 5.11 Å². The van der Waals surface area contributed by atoms with Gasteiger partial charge in [-0.05, 0) is 30.2 Å². The van der Waals surface area contributed by atoms with Gasteiger partial charge in [0, 0.05) is 0 Å². The first kappa shape index (κ1) is 13.2. The highest BCUT2D eigenvalue weighted by Gasteiger charge is 2.30. The first-order valence-corrected chi connectivity index (χ1v) is 6.22. The summed E-state index contributed by atoms with van der Waals surface area (Å²) in [6.07, 6.45) is 1.66. The summed E-state index contributed by atoms with van der Waals surface area (Å²) < 4.78 is 0. The summed E-state index contributed by atoms with van der Waals surface area (Å²) in [6, 6.07) is 10.1. The van der Waals surface area contributed by atoms with Crippen LogP contribution in [0.3, 0.4) is 0 Å². The number of aliphatic hydroxyl groups is 1. The van der Waals surface area contributed by atoms with Gasteiger partial charge in [-0.25, -0.2) is 0 Å². The van der Waals surface area contributed by atoms with E-state index < -0.39 is 5.60 Å². The van der Waals surface area contributed by atoms with Gasteiger partial charge in [0.05, 0.1) is 5.60 Å². The van der Waals surface area contributed by atoms with Crippen LogP contribution >= 0.6 is 0 Å². The maximum Gasteiger partial charge on any atom is 0.0901 e. The Balaban J connectivity index is 2.95. The van der Waals surface area contributed by atoms with Crippen LogP contribution in [0.25, 0.3) is 0 Å². The highest BCUT2D eigenvalue weighted by Crippen LogP contribution is 2.34. The van der Waals surface area contributed by atoms with E-state index in [1.165, 1.54) is 0 Å². The van der Waals surface area contributed by atoms with Crippen LogP contribution in [-0.2, 0) is 5.60 Å². The molecular formula is C15H24O. The predicted octanol–water partition coefficient (Wildman–Crippen LogP) is 3.97. The summed E-state index contributed by atoms with van der Waals surface area (Å²) in [6.45, 7) is 8.64. The average Bonchev–Trinajstić information content (AvgIpc) is 2.16. The molecule has 0 fully saturated rings. The van der Waals surface area contributed by atoms with Crippen molar-refractivity contribution in [1.29, 1.82) is 0 Å². The standard InChI is InChI=1S/C15H24O/c1-12(2)10-15(16,11-13(3)4)14-8-6-5-7-9-14/h5-9,12-13,16H,10-11H2,1-4H3. The summed E-state index contributed by atoms with van der Waals surface area (Å²) in [7, 11) is 0. The second-order valence-corrected chi connectivity index (χ2v) is 5.59. The van der Waals surface area contributed by atoms with Gasteiger partial charge in [-0.1, -0.05) is 58.0 Å². The maximum absolute atomic E-state index is 10.8. The molecule has 1 nitrogen and oxygen atoms in total. The molecular weight excluding hydrogens is 196 g/mol. The molecule has 90 valence electrons. The highest BCUT2D eigenvalue weighted by atomic mass is 16.3. The third kappa shape index (κ3) is 3.64. The van der Waals surface area contributed by atoms with Crippen LogP contribution in [0.2, 0.25) is 0 Å². The zero-order valence-electron chi connectivity index (χ0n) is 10.9. The Labute approximate surface area is 99.5 Å². The van der Waals surface area contributed by atoms with E-state index in [9.17, 15) is 5.11 Å². The first-order valence-electron chi connectivity index (χ1n) is 6.22. The summed E-state index contributed by atoms with van der Waals surface area (Å²) in [5.41, 5.74) is 0.390. The first-order chi connectivity index (χ1) is 7.44. The second-order valence-electron chi connectivity index (χ2n) is 5.59. The quantitative estimate of drug-likeness (QED) is 0.796. The van der Waals surface area contributed by atoms with Gasteiger partial charge in [0.2, 0.25) is 0 Å². The van der Waals surface area contributed by atoms with E-state index in [0.29, 0.717) is 11.8 Å². The van der Waals surface area contributed by atoms with Crippen LogP contribution < -0.4 is 0 Å². The minimum atomic E-state index is -0.663. The van der Waals surface area contributed by atoms with Gasteiger partial charge >= 0.3 is 0 Å². The normalized spacial score (nSPS) is 12.4. The number of hydrogen-bond acceptors (Lipinski definition) is 1. The van der Waals surface area contributed by atoms with Crippen molar-refractivity contribution in [2.75, 3.05) is 0 Å². The Kier molecular flexibility index (Phi) is 4.55. The van der Waals surface area contributed by atoms with Crippen molar-refractivity contribution in [3.8, 4) is 0 Å². The second kappa shape index (κ2) is 5.49. The van der Waals surface area contributed by atoms with E-state index in [2.05, 4.69) is 27.7 Å². The number of hydrogen-bond donors (Lipinski definition) is 1. The molecule has 1 N–H and O–H groups in total. The Bertz CT molecular complexity index is 290. The number of rotatable bonds is 5. The molecule has 0 heterocycles. The monoisotopic (exact) mass is 220 g/mol. The summed E-state index contributed by atoms with van der Waals surface area (Å²) >= 11 is 0. The average molecular weight is 220 g/mol. The third-order valence-electron chi connectivity index (χ3n) is 2.80. The topological polar surface area (TPSA) is 20.2 Å². The van der Waals surface area contributed by atoms with Crippen molar-refractivity contribution in [3.63, 3.8) is 0 Å². The van der Waals surface area contributed by atoms with E-state index >= 15 is 0 Å². The molecule has 0 aromatic heterocycles. The molecule has 0 saturated carbocycles. The van der Waals surface area contributed by atoms with Crippen LogP contribution in [0.5, 0.6) is 0 Å². The minimum Gasteiger partial charge on any atom is -0.385 e. The summed E-state index contributed by atoms with van der Waals surface area (Å²) in [4.78, 5) is 0. The van der Waals surface area contributed by atoms with E-state index in [0.717, 1.165) is 18.4 Å². The predicted molar refractivity (Wildman–Crippen MR) is 69.2 cm³/mol. The fraction of sp³-hybridized carbons (Fsp3) is 0.600. The molecule has 1 heteroatoms. The Morgan fingerprint density at radius 3 is 1.75 bits per heavy atom. The molecule has 0 aliphatic heterocycles. The maximum atomic E-state index is 10.8.